The molecule has 0 aromatic heterocycles. The van der Waals surface area contributed by atoms with Crippen molar-refractivity contribution in [2.45, 2.75) is 19.3 Å². The molecule has 8 nitrogen and oxygen atoms in total. The molecule has 0 radical (unpaired) electrons. The van der Waals surface area contributed by atoms with Gasteiger partial charge in [0.1, 0.15) is 6.54 Å². The lowest BCUT2D eigenvalue weighted by atomic mass is 10.1. The van der Waals surface area contributed by atoms with Crippen molar-refractivity contribution in [1.29, 1.82) is 0 Å². The summed E-state index contributed by atoms with van der Waals surface area (Å²) in [6.07, 6.45) is 2.51. The van der Waals surface area contributed by atoms with E-state index in [4.69, 9.17) is 19.2 Å². The number of para-hydroxylation sites is 2. The van der Waals surface area contributed by atoms with Gasteiger partial charge in [-0.2, -0.15) is 0 Å². The van der Waals surface area contributed by atoms with Gasteiger partial charge in [0, 0.05) is 23.5 Å². The summed E-state index contributed by atoms with van der Waals surface area (Å²) in [7, 11) is 4.53. The summed E-state index contributed by atoms with van der Waals surface area (Å²) in [5, 5.41) is 2.84. The minimum atomic E-state index is -0.334. The molecule has 2 aromatic rings. The molecule has 0 spiro atoms. The third-order valence-electron chi connectivity index (χ3n) is 5.58. The number of nitrogens with zero attached hydrogens (tertiary/aromatic N) is 2. The molecule has 1 fully saturated rings. The lowest BCUT2D eigenvalue weighted by Crippen LogP contribution is -2.41. The van der Waals surface area contributed by atoms with Crippen molar-refractivity contribution in [1.82, 2.24) is 0 Å². The maximum absolute atomic E-state index is 13.3. The summed E-state index contributed by atoms with van der Waals surface area (Å²) in [4.78, 5) is 32.5. The Morgan fingerprint density at radius 1 is 1.13 bits per heavy atom. The van der Waals surface area contributed by atoms with Crippen molar-refractivity contribution in [2.75, 3.05) is 38.1 Å². The van der Waals surface area contributed by atoms with E-state index in [1.165, 1.54) is 26.2 Å². The molecular formula is C23H25N3O5. The van der Waals surface area contributed by atoms with Crippen molar-refractivity contribution >= 4 is 34.6 Å². The van der Waals surface area contributed by atoms with Crippen LogP contribution in [-0.2, 0) is 9.59 Å². The van der Waals surface area contributed by atoms with Gasteiger partial charge < -0.3 is 24.4 Å². The number of hydrogen-bond donors (Lipinski definition) is 1. The number of aliphatic imine (C=N–C) groups is 1. The van der Waals surface area contributed by atoms with Crippen LogP contribution < -0.4 is 24.4 Å². The number of nitrogens with one attached hydrogen (secondary N) is 1. The van der Waals surface area contributed by atoms with Gasteiger partial charge in [-0.1, -0.05) is 12.1 Å². The fourth-order valence-electron chi connectivity index (χ4n) is 4.14. The normalized spacial score (nSPS) is 17.3. The highest BCUT2D eigenvalue weighted by Crippen LogP contribution is 2.40. The predicted molar refractivity (Wildman–Crippen MR) is 118 cm³/mol. The molecule has 1 N–H and O–H groups in total. The van der Waals surface area contributed by atoms with Gasteiger partial charge in [0.2, 0.25) is 17.6 Å². The summed E-state index contributed by atoms with van der Waals surface area (Å²) in [6.45, 7) is -0.119. The SMILES string of the molecule is COc1cc(NC(=O)CN2C(=O)[C@@H]3CCCC3=Nc3ccccc32)cc(OC)c1OC. The Hall–Kier alpha value is -3.55. The number of carbonyl (C=O) groups excluding carboxylic acids is 2. The maximum atomic E-state index is 13.3. The number of amides is 2. The fourth-order valence-corrected chi connectivity index (χ4v) is 4.14. The first-order valence-corrected chi connectivity index (χ1v) is 10.1. The van der Waals surface area contributed by atoms with Crippen LogP contribution in [0.25, 0.3) is 0 Å². The number of anilines is 2. The molecule has 1 aliphatic carbocycles. The Morgan fingerprint density at radius 2 is 1.84 bits per heavy atom. The molecule has 1 atom stereocenters. The van der Waals surface area contributed by atoms with Crippen molar-refractivity contribution < 1.29 is 23.8 Å². The van der Waals surface area contributed by atoms with Crippen molar-refractivity contribution in [3.05, 3.63) is 36.4 Å². The summed E-state index contributed by atoms with van der Waals surface area (Å²) in [5.41, 5.74) is 2.75. The van der Waals surface area contributed by atoms with E-state index in [0.717, 1.165) is 30.7 Å². The molecule has 1 saturated carbocycles. The Labute approximate surface area is 180 Å². The Balaban J connectivity index is 1.59. The predicted octanol–water partition coefficient (Wildman–Crippen LogP) is 3.57. The van der Waals surface area contributed by atoms with Gasteiger partial charge in [-0.15, -0.1) is 0 Å². The number of fused-ring (bicyclic) bond motifs is 2. The van der Waals surface area contributed by atoms with Crippen molar-refractivity contribution in [3.63, 3.8) is 0 Å². The first-order chi connectivity index (χ1) is 15.0. The summed E-state index contributed by atoms with van der Waals surface area (Å²) < 4.78 is 16.0. The van der Waals surface area contributed by atoms with E-state index >= 15 is 0 Å². The van der Waals surface area contributed by atoms with Crippen LogP contribution in [0.5, 0.6) is 17.2 Å². The van der Waals surface area contributed by atoms with Gasteiger partial charge in [0.05, 0.1) is 38.6 Å². The highest BCUT2D eigenvalue weighted by Gasteiger charge is 2.37. The van der Waals surface area contributed by atoms with E-state index in [0.29, 0.717) is 28.6 Å². The maximum Gasteiger partial charge on any atom is 0.244 e. The van der Waals surface area contributed by atoms with Crippen LogP contribution in [0.2, 0.25) is 0 Å². The Morgan fingerprint density at radius 3 is 2.52 bits per heavy atom. The quantitative estimate of drug-likeness (QED) is 0.767. The zero-order valence-electron chi connectivity index (χ0n) is 17.8. The molecule has 162 valence electrons. The molecular weight excluding hydrogens is 398 g/mol. The van der Waals surface area contributed by atoms with E-state index in [9.17, 15) is 9.59 Å². The third-order valence-corrected chi connectivity index (χ3v) is 5.58. The zero-order valence-corrected chi connectivity index (χ0v) is 17.8. The summed E-state index contributed by atoms with van der Waals surface area (Å²) >= 11 is 0. The number of rotatable bonds is 6. The average molecular weight is 423 g/mol. The molecule has 0 saturated heterocycles. The second-order valence-corrected chi connectivity index (χ2v) is 7.42. The summed E-state index contributed by atoms with van der Waals surface area (Å²) in [5.74, 6) is 0.613. The number of carbonyl (C=O) groups is 2. The molecule has 0 bridgehead atoms. The van der Waals surface area contributed by atoms with Crippen LogP contribution in [0.1, 0.15) is 19.3 Å². The van der Waals surface area contributed by atoms with Crippen LogP contribution in [0, 0.1) is 5.92 Å². The largest absolute Gasteiger partial charge is 0.493 e. The van der Waals surface area contributed by atoms with Crippen LogP contribution in [0.3, 0.4) is 0 Å². The third kappa shape index (κ3) is 3.93. The lowest BCUT2D eigenvalue weighted by Gasteiger charge is -2.24. The van der Waals surface area contributed by atoms with E-state index < -0.39 is 0 Å². The van der Waals surface area contributed by atoms with Crippen LogP contribution >= 0.6 is 0 Å². The smallest absolute Gasteiger partial charge is 0.244 e. The standard InChI is InChI=1S/C23H25N3O5/c1-29-19-11-14(12-20(30-2)22(19)31-3)24-21(27)13-26-18-10-5-4-8-17(18)25-16-9-6-7-15(16)23(26)28/h4-5,8,10-12,15H,6-7,9,13H2,1-3H3,(H,24,27)/t15-/m1/s1. The molecule has 2 amide bonds. The van der Waals surface area contributed by atoms with Gasteiger partial charge >= 0.3 is 0 Å². The lowest BCUT2D eigenvalue weighted by molar-refractivity contribution is -0.122. The molecule has 8 heteroatoms. The molecule has 1 aliphatic heterocycles. The number of ether oxygens (including phenoxy) is 3. The average Bonchev–Trinajstić information content (AvgIpc) is 3.21. The minimum absolute atomic E-state index is 0.0822. The number of benzene rings is 2. The van der Waals surface area contributed by atoms with Crippen LogP contribution in [0.4, 0.5) is 17.1 Å². The second kappa shape index (κ2) is 8.67. The van der Waals surface area contributed by atoms with Crippen LogP contribution in [0.15, 0.2) is 41.4 Å². The van der Waals surface area contributed by atoms with E-state index in [1.54, 1.807) is 12.1 Å². The first kappa shape index (κ1) is 20.7. The zero-order chi connectivity index (χ0) is 22.0. The second-order valence-electron chi connectivity index (χ2n) is 7.42. The molecule has 4 rings (SSSR count). The van der Waals surface area contributed by atoms with Gasteiger partial charge in [-0.3, -0.25) is 14.6 Å². The number of methoxy groups -OCH3 is 3. The van der Waals surface area contributed by atoms with Gasteiger partial charge in [-0.25, -0.2) is 0 Å². The fraction of sp³-hybridized carbons (Fsp3) is 0.348. The van der Waals surface area contributed by atoms with Gasteiger partial charge in [-0.05, 0) is 31.4 Å². The Bertz CT molecular complexity index is 1020. The molecule has 2 aromatic carbocycles. The van der Waals surface area contributed by atoms with E-state index in [1.807, 2.05) is 24.3 Å². The van der Waals surface area contributed by atoms with Crippen molar-refractivity contribution in [3.8, 4) is 17.2 Å². The minimum Gasteiger partial charge on any atom is -0.493 e. The van der Waals surface area contributed by atoms with Gasteiger partial charge in [0.15, 0.2) is 11.5 Å². The van der Waals surface area contributed by atoms with Crippen LogP contribution in [-0.4, -0.2) is 45.4 Å². The Kier molecular flexibility index (Phi) is 5.79. The van der Waals surface area contributed by atoms with E-state index in [-0.39, 0.29) is 24.3 Å². The molecule has 2 aliphatic rings. The van der Waals surface area contributed by atoms with Crippen molar-refractivity contribution in [2.24, 2.45) is 10.9 Å². The molecule has 31 heavy (non-hydrogen) atoms. The summed E-state index contributed by atoms with van der Waals surface area (Å²) in [6, 6.07) is 10.7. The molecule has 0 unspecified atom stereocenters. The molecule has 1 heterocycles. The van der Waals surface area contributed by atoms with Gasteiger partial charge in [0.25, 0.3) is 0 Å². The first-order valence-electron chi connectivity index (χ1n) is 10.1. The number of hydrogen-bond acceptors (Lipinski definition) is 6. The highest BCUT2D eigenvalue weighted by atomic mass is 16.5. The monoisotopic (exact) mass is 423 g/mol. The van der Waals surface area contributed by atoms with E-state index in [2.05, 4.69) is 5.32 Å². The topological polar surface area (TPSA) is 89.5 Å². The highest BCUT2D eigenvalue weighted by molar-refractivity contribution is 6.16.